The van der Waals surface area contributed by atoms with Gasteiger partial charge < -0.3 is 5.32 Å². The molecule has 0 aliphatic carbocycles. The maximum absolute atomic E-state index is 12.7. The highest BCUT2D eigenvalue weighted by Gasteiger charge is 2.22. The Hall–Kier alpha value is -2.94. The van der Waals surface area contributed by atoms with E-state index in [0.29, 0.717) is 11.3 Å². The molecule has 4 nitrogen and oxygen atoms in total. The summed E-state index contributed by atoms with van der Waals surface area (Å²) in [7, 11) is 0. The summed E-state index contributed by atoms with van der Waals surface area (Å²) < 4.78 is 0. The summed E-state index contributed by atoms with van der Waals surface area (Å²) >= 11 is 1.66. The van der Waals surface area contributed by atoms with E-state index in [1.54, 1.807) is 35.6 Å². The van der Waals surface area contributed by atoms with Crippen LogP contribution in [0.5, 0.6) is 0 Å². The number of anilines is 1. The second-order valence-electron chi connectivity index (χ2n) is 6.39. The number of para-hydroxylation sites is 1. The number of nitrogens with zero attached hydrogens (tertiary/aromatic N) is 1. The van der Waals surface area contributed by atoms with Gasteiger partial charge in [-0.1, -0.05) is 48.0 Å². The smallest absolute Gasteiger partial charge is 0.241 e. The van der Waals surface area contributed by atoms with E-state index < -0.39 is 6.04 Å². The first-order valence-corrected chi connectivity index (χ1v) is 9.62. The Morgan fingerprint density at radius 2 is 1.81 bits per heavy atom. The SMILES string of the molecule is Cc1ccc([C@@H](N[C@@H](C)C(=O)Nc2ccccc2C#N)c2cccs2)cc1. The lowest BCUT2D eigenvalue weighted by molar-refractivity contribution is -0.117. The maximum Gasteiger partial charge on any atom is 0.241 e. The van der Waals surface area contributed by atoms with Gasteiger partial charge in [-0.3, -0.25) is 10.1 Å². The quantitative estimate of drug-likeness (QED) is 0.660. The zero-order valence-electron chi connectivity index (χ0n) is 15.3. The van der Waals surface area contributed by atoms with E-state index in [1.807, 2.05) is 18.4 Å². The summed E-state index contributed by atoms with van der Waals surface area (Å²) in [6, 6.07) is 21.0. The zero-order valence-corrected chi connectivity index (χ0v) is 16.1. The third-order valence-electron chi connectivity index (χ3n) is 4.35. The van der Waals surface area contributed by atoms with Crippen LogP contribution in [0.3, 0.4) is 0 Å². The lowest BCUT2D eigenvalue weighted by atomic mass is 10.0. The van der Waals surface area contributed by atoms with Crippen molar-refractivity contribution in [2.75, 3.05) is 5.32 Å². The molecule has 0 radical (unpaired) electrons. The van der Waals surface area contributed by atoms with Crippen LogP contribution in [0.15, 0.2) is 66.0 Å². The molecular formula is C22H21N3OS. The van der Waals surface area contributed by atoms with Crippen LogP contribution < -0.4 is 10.6 Å². The van der Waals surface area contributed by atoms with Crippen LogP contribution in [0, 0.1) is 18.3 Å². The van der Waals surface area contributed by atoms with Crippen LogP contribution in [0.2, 0.25) is 0 Å². The topological polar surface area (TPSA) is 64.9 Å². The number of carbonyl (C=O) groups is 1. The molecule has 3 aromatic rings. The Labute approximate surface area is 163 Å². The van der Waals surface area contributed by atoms with Crippen LogP contribution in [0.1, 0.15) is 34.5 Å². The molecule has 2 aromatic carbocycles. The summed E-state index contributed by atoms with van der Waals surface area (Å²) in [5.74, 6) is -0.175. The van der Waals surface area contributed by atoms with Crippen molar-refractivity contribution in [2.24, 2.45) is 0 Å². The third-order valence-corrected chi connectivity index (χ3v) is 5.29. The van der Waals surface area contributed by atoms with Crippen molar-refractivity contribution >= 4 is 22.9 Å². The molecule has 1 heterocycles. The molecule has 0 fully saturated rings. The lowest BCUT2D eigenvalue weighted by Crippen LogP contribution is -2.40. The van der Waals surface area contributed by atoms with E-state index in [0.717, 1.165) is 10.4 Å². The van der Waals surface area contributed by atoms with Crippen molar-refractivity contribution in [3.8, 4) is 6.07 Å². The van der Waals surface area contributed by atoms with Gasteiger partial charge in [0.25, 0.3) is 0 Å². The van der Waals surface area contributed by atoms with E-state index in [-0.39, 0.29) is 11.9 Å². The Bertz CT molecular complexity index is 942. The average Bonchev–Trinajstić information content (AvgIpc) is 3.21. The first-order valence-electron chi connectivity index (χ1n) is 8.74. The minimum Gasteiger partial charge on any atom is -0.324 e. The normalized spacial score (nSPS) is 12.8. The standard InChI is InChI=1S/C22H21N3OS/c1-15-9-11-17(12-10-15)21(20-8-5-13-27-20)24-16(2)22(26)25-19-7-4-3-6-18(19)14-23/h3-13,16,21,24H,1-2H3,(H,25,26)/t16-,21+/m0/s1. The van der Waals surface area contributed by atoms with Gasteiger partial charge in [-0.05, 0) is 43.0 Å². The number of carbonyl (C=O) groups excluding carboxylic acids is 1. The number of benzene rings is 2. The van der Waals surface area contributed by atoms with Gasteiger partial charge in [-0.15, -0.1) is 11.3 Å². The van der Waals surface area contributed by atoms with E-state index in [2.05, 4.69) is 54.0 Å². The molecule has 5 heteroatoms. The van der Waals surface area contributed by atoms with Crippen LogP contribution in [0.25, 0.3) is 0 Å². The minimum absolute atomic E-state index is 0.0717. The maximum atomic E-state index is 12.7. The lowest BCUT2D eigenvalue weighted by Gasteiger charge is -2.23. The van der Waals surface area contributed by atoms with Gasteiger partial charge in [0, 0.05) is 4.88 Å². The fourth-order valence-electron chi connectivity index (χ4n) is 2.81. The predicted octanol–water partition coefficient (Wildman–Crippen LogP) is 4.63. The van der Waals surface area contributed by atoms with Crippen molar-refractivity contribution < 1.29 is 4.79 Å². The molecule has 0 spiro atoms. The Kier molecular flexibility index (Phi) is 6.02. The second-order valence-corrected chi connectivity index (χ2v) is 7.37. The number of thiophene rings is 1. The highest BCUT2D eigenvalue weighted by atomic mass is 32.1. The molecule has 0 saturated carbocycles. The zero-order chi connectivity index (χ0) is 19.2. The molecule has 3 rings (SSSR count). The Morgan fingerprint density at radius 1 is 1.07 bits per heavy atom. The second kappa shape index (κ2) is 8.63. The molecule has 0 aliphatic rings. The van der Waals surface area contributed by atoms with Gasteiger partial charge in [-0.2, -0.15) is 5.26 Å². The third kappa shape index (κ3) is 4.62. The number of rotatable bonds is 6. The highest BCUT2D eigenvalue weighted by molar-refractivity contribution is 7.10. The average molecular weight is 375 g/mol. The van der Waals surface area contributed by atoms with Crippen molar-refractivity contribution in [3.63, 3.8) is 0 Å². The van der Waals surface area contributed by atoms with Gasteiger partial charge in [0.1, 0.15) is 6.07 Å². The van der Waals surface area contributed by atoms with Gasteiger partial charge in [0.05, 0.1) is 23.3 Å². The van der Waals surface area contributed by atoms with Crippen LogP contribution in [-0.4, -0.2) is 11.9 Å². The number of amides is 1. The molecule has 0 unspecified atom stereocenters. The fraction of sp³-hybridized carbons (Fsp3) is 0.182. The molecule has 27 heavy (non-hydrogen) atoms. The molecule has 0 saturated heterocycles. The first kappa shape index (κ1) is 18.8. The predicted molar refractivity (Wildman–Crippen MR) is 110 cm³/mol. The van der Waals surface area contributed by atoms with Crippen molar-refractivity contribution in [3.05, 3.63) is 87.6 Å². The van der Waals surface area contributed by atoms with Gasteiger partial charge >= 0.3 is 0 Å². The molecule has 0 aliphatic heterocycles. The minimum atomic E-state index is -0.440. The highest BCUT2D eigenvalue weighted by Crippen LogP contribution is 2.27. The van der Waals surface area contributed by atoms with E-state index in [4.69, 9.17) is 0 Å². The van der Waals surface area contributed by atoms with Crippen LogP contribution in [0.4, 0.5) is 5.69 Å². The van der Waals surface area contributed by atoms with Crippen LogP contribution in [-0.2, 0) is 4.79 Å². The number of nitriles is 1. The Morgan fingerprint density at radius 3 is 2.48 bits per heavy atom. The molecule has 136 valence electrons. The van der Waals surface area contributed by atoms with Crippen molar-refractivity contribution in [1.82, 2.24) is 5.32 Å². The van der Waals surface area contributed by atoms with E-state index in [1.165, 1.54) is 5.56 Å². The van der Waals surface area contributed by atoms with Gasteiger partial charge in [-0.25, -0.2) is 0 Å². The summed E-state index contributed by atoms with van der Waals surface area (Å²) in [6.45, 7) is 3.89. The summed E-state index contributed by atoms with van der Waals surface area (Å²) in [4.78, 5) is 13.8. The molecule has 0 bridgehead atoms. The van der Waals surface area contributed by atoms with E-state index >= 15 is 0 Å². The summed E-state index contributed by atoms with van der Waals surface area (Å²) in [5, 5.41) is 17.5. The fourth-order valence-corrected chi connectivity index (χ4v) is 3.62. The van der Waals surface area contributed by atoms with Crippen molar-refractivity contribution in [1.29, 1.82) is 5.26 Å². The number of aryl methyl sites for hydroxylation is 1. The largest absolute Gasteiger partial charge is 0.324 e. The summed E-state index contributed by atoms with van der Waals surface area (Å²) in [5.41, 5.74) is 3.29. The number of hydrogen-bond acceptors (Lipinski definition) is 4. The summed E-state index contributed by atoms with van der Waals surface area (Å²) in [6.07, 6.45) is 0. The molecule has 1 aromatic heterocycles. The first-order chi connectivity index (χ1) is 13.1. The monoisotopic (exact) mass is 375 g/mol. The number of nitrogens with one attached hydrogen (secondary N) is 2. The Balaban J connectivity index is 1.78. The number of hydrogen-bond donors (Lipinski definition) is 2. The van der Waals surface area contributed by atoms with E-state index in [9.17, 15) is 10.1 Å². The molecule has 2 N–H and O–H groups in total. The van der Waals surface area contributed by atoms with Crippen LogP contribution >= 0.6 is 11.3 Å². The van der Waals surface area contributed by atoms with Gasteiger partial charge in [0.15, 0.2) is 0 Å². The van der Waals surface area contributed by atoms with Gasteiger partial charge in [0.2, 0.25) is 5.91 Å². The van der Waals surface area contributed by atoms with Crippen molar-refractivity contribution in [2.45, 2.75) is 25.9 Å². The molecule has 2 atom stereocenters. The molecule has 1 amide bonds. The molecular weight excluding hydrogens is 354 g/mol.